The lowest BCUT2D eigenvalue weighted by atomic mass is 9.67. The second-order valence-electron chi connectivity index (χ2n) is 11.6. The number of ether oxygens (including phenoxy) is 1. The van der Waals surface area contributed by atoms with Gasteiger partial charge in [0.2, 0.25) is 11.8 Å². The summed E-state index contributed by atoms with van der Waals surface area (Å²) in [6.07, 6.45) is 7.59. The number of carboxylic acids is 1. The van der Waals surface area contributed by atoms with Crippen molar-refractivity contribution in [2.75, 3.05) is 20.3 Å². The standard InChI is InChI=1S/C33H46INO8/c1-4-9-20(15-21-16-25(34)31(40)27(17-21)43-3)12-13-26(37)29-22(10-5-2)18-23-30(24(29)19-36)33(42)35(32(23)41)14-8-6-7-11-28(38)39/h15-17,23-24,26,30,36-37,40H,4-14,18-19H2,1-3H3,(H,38,39)/b20-15+/t23-,24+,26-,30-/m1/s1. The summed E-state index contributed by atoms with van der Waals surface area (Å²) >= 11 is 2.07. The van der Waals surface area contributed by atoms with Crippen molar-refractivity contribution in [1.29, 1.82) is 0 Å². The van der Waals surface area contributed by atoms with Crippen molar-refractivity contribution in [3.63, 3.8) is 0 Å². The first-order valence-electron chi connectivity index (χ1n) is 15.4. The summed E-state index contributed by atoms with van der Waals surface area (Å²) in [4.78, 5) is 39.0. The van der Waals surface area contributed by atoms with Crippen molar-refractivity contribution in [1.82, 2.24) is 4.90 Å². The van der Waals surface area contributed by atoms with Gasteiger partial charge in [-0.05, 0) is 90.8 Å². The highest BCUT2D eigenvalue weighted by atomic mass is 127. The van der Waals surface area contributed by atoms with Gasteiger partial charge in [-0.1, -0.05) is 50.3 Å². The smallest absolute Gasteiger partial charge is 0.303 e. The number of amides is 2. The number of phenolic OH excluding ortho intramolecular Hbond substituents is 1. The molecule has 1 saturated heterocycles. The van der Waals surface area contributed by atoms with Crippen molar-refractivity contribution in [3.8, 4) is 11.5 Å². The van der Waals surface area contributed by atoms with Crippen molar-refractivity contribution in [3.05, 3.63) is 38.0 Å². The lowest BCUT2D eigenvalue weighted by Crippen LogP contribution is -2.39. The second kappa shape index (κ2) is 16.6. The molecule has 1 aliphatic carbocycles. The average molecular weight is 712 g/mol. The molecule has 4 atom stereocenters. The van der Waals surface area contributed by atoms with Gasteiger partial charge < -0.3 is 25.2 Å². The van der Waals surface area contributed by atoms with Crippen LogP contribution >= 0.6 is 22.6 Å². The highest BCUT2D eigenvalue weighted by Gasteiger charge is 2.54. The molecule has 238 valence electrons. The number of aliphatic carboxylic acids is 1. The molecule has 3 rings (SSSR count). The van der Waals surface area contributed by atoms with E-state index < -0.39 is 29.8 Å². The molecule has 1 heterocycles. The van der Waals surface area contributed by atoms with E-state index in [1.54, 1.807) is 6.07 Å². The maximum absolute atomic E-state index is 13.5. The number of unbranched alkanes of at least 4 members (excludes halogenated alkanes) is 2. The van der Waals surface area contributed by atoms with Crippen molar-refractivity contribution >= 4 is 46.5 Å². The number of carbonyl (C=O) groups is 3. The van der Waals surface area contributed by atoms with Gasteiger partial charge in [-0.2, -0.15) is 0 Å². The molecule has 9 nitrogen and oxygen atoms in total. The molecule has 2 aliphatic rings. The number of benzene rings is 1. The summed E-state index contributed by atoms with van der Waals surface area (Å²) in [7, 11) is 1.51. The fourth-order valence-electron chi connectivity index (χ4n) is 6.64. The third kappa shape index (κ3) is 8.60. The molecule has 0 radical (unpaired) electrons. The maximum atomic E-state index is 13.5. The number of halogens is 1. The Morgan fingerprint density at radius 3 is 2.49 bits per heavy atom. The Bertz CT molecular complexity index is 1230. The van der Waals surface area contributed by atoms with Gasteiger partial charge >= 0.3 is 5.97 Å². The molecule has 0 unspecified atom stereocenters. The maximum Gasteiger partial charge on any atom is 0.303 e. The molecule has 10 heteroatoms. The highest BCUT2D eigenvalue weighted by molar-refractivity contribution is 14.1. The quantitative estimate of drug-likeness (QED) is 0.0699. The minimum atomic E-state index is -0.863. The Morgan fingerprint density at radius 1 is 1.12 bits per heavy atom. The number of carbonyl (C=O) groups excluding carboxylic acids is 2. The number of aromatic hydroxyl groups is 1. The van der Waals surface area contributed by atoms with Crippen molar-refractivity contribution < 1.29 is 39.5 Å². The highest BCUT2D eigenvalue weighted by Crippen LogP contribution is 2.47. The minimum absolute atomic E-state index is 0.0584. The Balaban J connectivity index is 1.80. The molecular weight excluding hydrogens is 665 g/mol. The first-order valence-corrected chi connectivity index (χ1v) is 16.5. The van der Waals surface area contributed by atoms with E-state index in [1.165, 1.54) is 12.0 Å². The molecule has 0 bridgehead atoms. The van der Waals surface area contributed by atoms with Crippen LogP contribution in [0.1, 0.15) is 90.0 Å². The number of methoxy groups -OCH3 is 1. The van der Waals surface area contributed by atoms with E-state index in [1.807, 2.05) is 13.0 Å². The number of aliphatic hydroxyl groups is 2. The van der Waals surface area contributed by atoms with Crippen LogP contribution in [-0.4, -0.2) is 69.5 Å². The van der Waals surface area contributed by atoms with Crippen molar-refractivity contribution in [2.24, 2.45) is 17.8 Å². The summed E-state index contributed by atoms with van der Waals surface area (Å²) in [5.74, 6) is -2.73. The van der Waals surface area contributed by atoms with Crippen LogP contribution in [0.3, 0.4) is 0 Å². The van der Waals surface area contributed by atoms with E-state index in [0.717, 1.165) is 36.0 Å². The molecule has 0 saturated carbocycles. The summed E-state index contributed by atoms with van der Waals surface area (Å²) in [6.45, 7) is 4.06. The number of allylic oxidation sites excluding steroid dienone is 2. The number of hydrogen-bond acceptors (Lipinski definition) is 7. The van der Waals surface area contributed by atoms with E-state index in [4.69, 9.17) is 9.84 Å². The van der Waals surface area contributed by atoms with E-state index >= 15 is 0 Å². The first kappa shape index (κ1) is 35.0. The van der Waals surface area contributed by atoms with Gasteiger partial charge in [-0.15, -0.1) is 0 Å². The number of hydrogen-bond donors (Lipinski definition) is 4. The average Bonchev–Trinajstić information content (AvgIpc) is 3.21. The monoisotopic (exact) mass is 711 g/mol. The number of nitrogens with zero attached hydrogens (tertiary/aromatic N) is 1. The molecule has 1 aliphatic heterocycles. The molecular formula is C33H46INO8. The van der Waals surface area contributed by atoms with Gasteiger partial charge in [0.15, 0.2) is 11.5 Å². The van der Waals surface area contributed by atoms with Gasteiger partial charge in [0.25, 0.3) is 0 Å². The van der Waals surface area contributed by atoms with Crippen LogP contribution in [0.4, 0.5) is 0 Å². The van der Waals surface area contributed by atoms with Crippen LogP contribution in [0.25, 0.3) is 6.08 Å². The number of carboxylic acid groups (broad SMARTS) is 1. The Morgan fingerprint density at radius 2 is 1.86 bits per heavy atom. The Kier molecular flexibility index (Phi) is 13.5. The number of phenols is 1. The normalized spacial score (nSPS) is 21.4. The molecule has 1 fully saturated rings. The topological polar surface area (TPSA) is 145 Å². The SMILES string of the molecule is CCCC1=C([C@H](O)CC/C(=C/c2cc(I)c(O)c(OC)c2)CCC)[C@H](CO)[C@@H]2C(=O)N(CCCCCC(=O)O)C(=O)[C@@H]2C1. The molecule has 4 N–H and O–H groups in total. The van der Waals surface area contributed by atoms with E-state index in [-0.39, 0.29) is 37.1 Å². The first-order chi connectivity index (χ1) is 20.6. The summed E-state index contributed by atoms with van der Waals surface area (Å²) in [6, 6.07) is 3.67. The number of fused-ring (bicyclic) bond motifs is 1. The van der Waals surface area contributed by atoms with Gasteiger partial charge in [-0.3, -0.25) is 19.3 Å². The summed E-state index contributed by atoms with van der Waals surface area (Å²) in [5, 5.41) is 41.2. The van der Waals surface area contributed by atoms with Crippen molar-refractivity contribution in [2.45, 2.75) is 90.6 Å². The summed E-state index contributed by atoms with van der Waals surface area (Å²) < 4.78 is 6.00. The van der Waals surface area contributed by atoms with Gasteiger partial charge in [0.05, 0.1) is 35.2 Å². The third-order valence-electron chi connectivity index (χ3n) is 8.61. The Labute approximate surface area is 268 Å². The van der Waals surface area contributed by atoms with Crippen LogP contribution in [0, 0.1) is 21.3 Å². The van der Waals surface area contributed by atoms with Crippen LogP contribution < -0.4 is 4.74 Å². The number of rotatable bonds is 17. The molecule has 1 aromatic rings. The minimum Gasteiger partial charge on any atom is -0.504 e. The fraction of sp³-hybridized carbons (Fsp3) is 0.606. The zero-order valence-corrected chi connectivity index (χ0v) is 27.6. The van der Waals surface area contributed by atoms with Crippen LogP contribution in [-0.2, 0) is 14.4 Å². The number of aliphatic hydroxyl groups excluding tert-OH is 2. The molecule has 1 aromatic carbocycles. The second-order valence-corrected chi connectivity index (χ2v) is 12.8. The fourth-order valence-corrected chi connectivity index (χ4v) is 7.27. The van der Waals surface area contributed by atoms with E-state index in [0.29, 0.717) is 59.8 Å². The molecule has 43 heavy (non-hydrogen) atoms. The molecule has 0 aromatic heterocycles. The molecule has 2 amide bonds. The number of imide groups is 1. The lowest BCUT2D eigenvalue weighted by Gasteiger charge is -2.36. The number of likely N-dealkylation sites (tertiary alicyclic amines) is 1. The zero-order chi connectivity index (χ0) is 31.7. The zero-order valence-electron chi connectivity index (χ0n) is 25.5. The predicted octanol–water partition coefficient (Wildman–Crippen LogP) is 5.69. The van der Waals surface area contributed by atoms with Crippen LogP contribution in [0.15, 0.2) is 28.9 Å². The third-order valence-corrected chi connectivity index (χ3v) is 9.43. The van der Waals surface area contributed by atoms with E-state index in [9.17, 15) is 29.7 Å². The van der Waals surface area contributed by atoms with Crippen LogP contribution in [0.5, 0.6) is 11.5 Å². The largest absolute Gasteiger partial charge is 0.504 e. The Hall–Kier alpha value is -2.44. The van der Waals surface area contributed by atoms with Gasteiger partial charge in [0.1, 0.15) is 0 Å². The molecule has 0 spiro atoms. The van der Waals surface area contributed by atoms with Crippen LogP contribution in [0.2, 0.25) is 0 Å². The predicted molar refractivity (Wildman–Crippen MR) is 172 cm³/mol. The van der Waals surface area contributed by atoms with Gasteiger partial charge in [-0.25, -0.2) is 0 Å². The summed E-state index contributed by atoms with van der Waals surface area (Å²) in [5.41, 5.74) is 3.72. The lowest BCUT2D eigenvalue weighted by molar-refractivity contribution is -0.141. The van der Waals surface area contributed by atoms with Gasteiger partial charge in [0, 0.05) is 18.9 Å². The van der Waals surface area contributed by atoms with E-state index in [2.05, 4.69) is 35.6 Å².